The van der Waals surface area contributed by atoms with Crippen molar-refractivity contribution in [2.45, 2.75) is 154 Å². The van der Waals surface area contributed by atoms with Gasteiger partial charge in [-0.15, -0.1) is 0 Å². The molecule has 0 bridgehead atoms. The molecule has 4 aromatic carbocycles. The highest BCUT2D eigenvalue weighted by atomic mass is 79.9. The van der Waals surface area contributed by atoms with Crippen LogP contribution in [0.15, 0.2) is 138 Å². The van der Waals surface area contributed by atoms with Crippen molar-refractivity contribution in [2.24, 2.45) is 0 Å². The van der Waals surface area contributed by atoms with Gasteiger partial charge in [-0.3, -0.25) is 18.7 Å². The Kier molecular flexibility index (Phi) is 17.3. The number of amides is 2. The highest BCUT2D eigenvalue weighted by Crippen LogP contribution is 2.47. The van der Waals surface area contributed by atoms with E-state index in [4.69, 9.17) is 28.5 Å². The number of carbonyl (C=O) groups excluding carboxylic acids is 3. The van der Waals surface area contributed by atoms with Gasteiger partial charge in [-0.2, -0.15) is 0 Å². The molecular formula is C69H76BBrN10O10. The topological polar surface area (TPSA) is 244 Å². The zero-order chi connectivity index (χ0) is 64.8. The minimum Gasteiger partial charge on any atom is -0.481 e. The summed E-state index contributed by atoms with van der Waals surface area (Å²) in [5, 5.41) is 22.7. The smallest absolute Gasteiger partial charge is 0.481 e. The maximum absolute atomic E-state index is 12.6. The summed E-state index contributed by atoms with van der Waals surface area (Å²) in [5.74, 6) is 1.48. The second kappa shape index (κ2) is 24.7. The molecule has 0 radical (unpaired) electrons. The van der Waals surface area contributed by atoms with Crippen molar-refractivity contribution < 1.29 is 47.8 Å². The van der Waals surface area contributed by atoms with E-state index in [1.54, 1.807) is 12.4 Å². The van der Waals surface area contributed by atoms with Crippen LogP contribution in [-0.4, -0.2) is 94.9 Å². The number of hydrogen-bond acceptors (Lipinski definition) is 15. The predicted octanol–water partition coefficient (Wildman–Crippen LogP) is 13.5. The Balaban J connectivity index is 0.000000146. The number of aromatic nitrogens is 6. The number of aliphatic carboxylic acids is 1. The van der Waals surface area contributed by atoms with E-state index < -0.39 is 28.8 Å². The number of para-hydroxylation sites is 2. The molecule has 0 atom stereocenters. The minimum absolute atomic E-state index is 0.0995. The Morgan fingerprint density at radius 1 is 0.615 bits per heavy atom. The number of rotatable bonds is 10. The summed E-state index contributed by atoms with van der Waals surface area (Å²) >= 11 is 3.59. The van der Waals surface area contributed by atoms with Crippen molar-refractivity contribution in [1.82, 2.24) is 39.7 Å². The molecule has 22 heteroatoms. The highest BCUT2D eigenvalue weighted by molar-refractivity contribution is 9.10. The second-order valence-electron chi connectivity index (χ2n) is 26.4. The number of anilines is 4. The van der Waals surface area contributed by atoms with Gasteiger partial charge in [0.05, 0.1) is 82.1 Å². The number of methoxy groups -OCH3 is 1. The lowest BCUT2D eigenvalue weighted by Crippen LogP contribution is -2.52. The first kappa shape index (κ1) is 63.7. The molecule has 0 spiro atoms. The van der Waals surface area contributed by atoms with Crippen molar-refractivity contribution in [1.29, 1.82) is 0 Å². The molecule has 1 saturated heterocycles. The summed E-state index contributed by atoms with van der Waals surface area (Å²) in [6, 6.07) is 39.5. The van der Waals surface area contributed by atoms with E-state index >= 15 is 0 Å². The highest BCUT2D eigenvalue weighted by Gasteiger charge is 2.52. The van der Waals surface area contributed by atoms with Crippen molar-refractivity contribution in [3.8, 4) is 45.4 Å². The number of alkyl carbamates (subject to hydrolysis) is 2. The van der Waals surface area contributed by atoms with Gasteiger partial charge < -0.3 is 49.9 Å². The molecule has 20 nitrogen and oxygen atoms in total. The van der Waals surface area contributed by atoms with Gasteiger partial charge in [0, 0.05) is 29.1 Å². The molecule has 5 N–H and O–H groups in total. The number of fused-ring (bicyclic) bond motifs is 10. The lowest BCUT2D eigenvalue weighted by Gasteiger charge is -2.43. The van der Waals surface area contributed by atoms with Gasteiger partial charge in [-0.25, -0.2) is 29.5 Å². The van der Waals surface area contributed by atoms with Crippen LogP contribution in [0.25, 0.3) is 45.4 Å². The van der Waals surface area contributed by atoms with Gasteiger partial charge in [0.25, 0.3) is 0 Å². The number of nitrogens with zero attached hydrogens (tertiary/aromatic N) is 6. The minimum atomic E-state index is -0.959. The van der Waals surface area contributed by atoms with Gasteiger partial charge in [0.2, 0.25) is 0 Å². The van der Waals surface area contributed by atoms with Crippen LogP contribution in [0.2, 0.25) is 0 Å². The fraction of sp³-hybridized carbons (Fsp3) is 0.362. The van der Waals surface area contributed by atoms with Crippen molar-refractivity contribution in [3.63, 3.8) is 0 Å². The fourth-order valence-electron chi connectivity index (χ4n) is 11.7. The first-order chi connectivity index (χ1) is 43.2. The van der Waals surface area contributed by atoms with Crippen LogP contribution in [0.5, 0.6) is 0 Å². The van der Waals surface area contributed by atoms with Crippen LogP contribution >= 0.6 is 15.9 Å². The van der Waals surface area contributed by atoms with Crippen LogP contribution in [-0.2, 0) is 57.0 Å². The number of pyridine rings is 2. The third kappa shape index (κ3) is 13.2. The lowest BCUT2D eigenvalue weighted by molar-refractivity contribution is -0.140. The fourth-order valence-corrected chi connectivity index (χ4v) is 12.3. The number of halogens is 1. The summed E-state index contributed by atoms with van der Waals surface area (Å²) in [7, 11) is 0.996. The molecule has 2 saturated carbocycles. The Morgan fingerprint density at radius 3 is 1.52 bits per heavy atom. The maximum Gasteiger partial charge on any atom is 0.494 e. The molecule has 5 aliphatic rings. The first-order valence-electron chi connectivity index (χ1n) is 30.6. The van der Waals surface area contributed by atoms with Crippen molar-refractivity contribution in [2.75, 3.05) is 17.7 Å². The number of imidazole rings is 2. The molecule has 2 aliphatic carbocycles. The number of esters is 1. The molecule has 472 valence electrons. The van der Waals surface area contributed by atoms with Gasteiger partial charge in [0.15, 0.2) is 11.6 Å². The number of carbonyl (C=O) groups is 4. The number of benzene rings is 4. The molecule has 7 heterocycles. The van der Waals surface area contributed by atoms with Crippen LogP contribution in [0.3, 0.4) is 0 Å². The molecule has 2 amide bonds. The monoisotopic (exact) mass is 1290 g/mol. The SMILES string of the molecule is CC(C)(C)OC(=O)NC1(c2ccc(-c3c(CC(=O)O)nc4n3-c3cccnc3Nc3ccccc3-4)cc2)CCC1.CC(C)(C)OC(=O)NC1(c2ccc(B3OC(C)(C)C(C)(C)O3)cc2)CCC1.COC(=O)Cc1nc2n(c1Br)-c1cccnc1Nc1ccccc1-2. The molecule has 0 unspecified atom stereocenters. The predicted molar refractivity (Wildman–Crippen MR) is 352 cm³/mol. The van der Waals surface area contributed by atoms with Crippen LogP contribution < -0.4 is 26.7 Å². The maximum atomic E-state index is 12.6. The molecule has 8 aromatic rings. The number of ether oxygens (including phenoxy) is 3. The van der Waals surface area contributed by atoms with Crippen LogP contribution in [0.4, 0.5) is 32.6 Å². The average molecular weight is 1300 g/mol. The number of hydrogen-bond donors (Lipinski definition) is 5. The Labute approximate surface area is 538 Å². The normalized spacial score (nSPS) is 16.4. The molecule has 3 fully saturated rings. The van der Waals surface area contributed by atoms with Crippen molar-refractivity contribution >= 4 is 75.6 Å². The summed E-state index contributed by atoms with van der Waals surface area (Å²) in [5.41, 5.74) is 8.23. The molecule has 13 rings (SSSR count). The van der Waals surface area contributed by atoms with E-state index in [1.807, 2.05) is 160 Å². The van der Waals surface area contributed by atoms with Crippen molar-refractivity contribution in [3.05, 3.63) is 161 Å². The van der Waals surface area contributed by atoms with Crippen LogP contribution in [0.1, 0.15) is 130 Å². The van der Waals surface area contributed by atoms with E-state index in [2.05, 4.69) is 92.0 Å². The van der Waals surface area contributed by atoms with E-state index in [9.17, 15) is 24.3 Å². The zero-order valence-corrected chi connectivity index (χ0v) is 54.7. The summed E-state index contributed by atoms with van der Waals surface area (Å²) in [6.07, 6.45) is 8.10. The first-order valence-corrected chi connectivity index (χ1v) is 31.4. The summed E-state index contributed by atoms with van der Waals surface area (Å²) in [4.78, 5) is 67.1. The van der Waals surface area contributed by atoms with Crippen LogP contribution in [0, 0.1) is 0 Å². The molecule has 3 aliphatic heterocycles. The standard InChI is InChI=1S/C31H31N5O4.C21H32BNO4.C17H13BrN4O2/c1-30(2,3)40-29(39)35-31(15-7-16-31)20-13-11-19(12-14-20)26-23(18-25(37)38)34-28-21-8-4-5-9-22(21)33-27-24(36(26)28)10-6-17-32-27;1-18(2,3)25-17(24)23-21(13-8-14-21)15-9-11-16(12-10-15)22-26-19(4,5)20(6,7)27-22;1-24-14(23)9-12-15(18)22-13-7-4-8-19-16(13)20-11-6-3-2-5-10(11)17(22)21-12/h4-6,8-14,17H,7,15-16,18H2,1-3H3,(H,32,33)(H,35,39)(H,37,38);9-12H,8,13-14H2,1-7H3,(H,23,24);2-8H,9H2,1H3,(H,19,20). The average Bonchev–Trinajstić information content (AvgIpc) is 1.68. The second-order valence-corrected chi connectivity index (χ2v) is 27.1. The lowest BCUT2D eigenvalue weighted by atomic mass is 9.70. The number of carboxylic acid groups (broad SMARTS) is 1. The van der Waals surface area contributed by atoms with Gasteiger partial charge in [-0.05, 0) is 189 Å². The third-order valence-corrected chi connectivity index (χ3v) is 18.0. The molecular weight excluding hydrogens is 1220 g/mol. The summed E-state index contributed by atoms with van der Waals surface area (Å²) < 4.78 is 32.7. The van der Waals surface area contributed by atoms with E-state index in [1.165, 1.54) is 7.11 Å². The Bertz CT molecular complexity index is 4050. The zero-order valence-electron chi connectivity index (χ0n) is 53.1. The Morgan fingerprint density at radius 2 is 1.07 bits per heavy atom. The molecule has 4 aromatic heterocycles. The quantitative estimate of drug-likeness (QED) is 0.0485. The van der Waals surface area contributed by atoms with E-state index in [-0.39, 0.29) is 48.8 Å². The van der Waals surface area contributed by atoms with Gasteiger partial charge in [-0.1, -0.05) is 72.8 Å². The van der Waals surface area contributed by atoms with Gasteiger partial charge >= 0.3 is 31.2 Å². The Hall–Kier alpha value is -8.86. The third-order valence-electron chi connectivity index (χ3n) is 17.2. The van der Waals surface area contributed by atoms with Gasteiger partial charge in [0.1, 0.15) is 27.5 Å². The largest absolute Gasteiger partial charge is 0.494 e. The molecule has 91 heavy (non-hydrogen) atoms. The van der Waals surface area contributed by atoms with E-state index in [0.717, 1.165) is 111 Å². The van der Waals surface area contributed by atoms with E-state index in [0.29, 0.717) is 28.7 Å². The number of carboxylic acids is 1. The summed E-state index contributed by atoms with van der Waals surface area (Å²) in [6.45, 7) is 19.4. The number of nitrogens with one attached hydrogen (secondary N) is 4.